The molecule has 0 aliphatic carbocycles. The molecule has 102 valence electrons. The predicted molar refractivity (Wildman–Crippen MR) is 65.1 cm³/mol. The van der Waals surface area contributed by atoms with Crippen molar-refractivity contribution in [1.29, 1.82) is 0 Å². The fraction of sp³-hybridized carbons (Fsp3) is 1.00. The minimum Gasteiger partial charge on any atom is -0.414 e. The Balaban J connectivity index is 1.41. The molecule has 6 heteroatoms. The van der Waals surface area contributed by atoms with E-state index in [9.17, 15) is 0 Å². The van der Waals surface area contributed by atoms with Crippen LogP contribution in [0.25, 0.3) is 0 Å². The van der Waals surface area contributed by atoms with Gasteiger partial charge in [-0.05, 0) is 18.1 Å². The van der Waals surface area contributed by atoms with Crippen molar-refractivity contribution in [3.63, 3.8) is 0 Å². The van der Waals surface area contributed by atoms with Crippen LogP contribution in [-0.2, 0) is 23.4 Å². The van der Waals surface area contributed by atoms with Crippen LogP contribution in [0.1, 0.15) is 0 Å². The van der Waals surface area contributed by atoms with E-state index in [1.54, 1.807) is 0 Å². The topological polar surface area (TPSA) is 59.4 Å². The van der Waals surface area contributed by atoms with E-state index >= 15 is 0 Å². The summed E-state index contributed by atoms with van der Waals surface area (Å²) in [6, 6.07) is 3.33. The summed E-state index contributed by atoms with van der Waals surface area (Å²) in [6.07, 6.45) is 1.66. The van der Waals surface area contributed by atoms with Crippen LogP contribution in [0.15, 0.2) is 0 Å². The van der Waals surface area contributed by atoms with E-state index in [4.69, 9.17) is 23.4 Å². The van der Waals surface area contributed by atoms with Gasteiger partial charge in [0.1, 0.15) is 6.10 Å². The fourth-order valence-corrected chi connectivity index (χ4v) is 7.25. The van der Waals surface area contributed by atoms with Crippen molar-refractivity contribution in [3.8, 4) is 0 Å². The Kier molecular flexibility index (Phi) is 2.98. The summed E-state index contributed by atoms with van der Waals surface area (Å²) in [6.45, 7) is 4.36. The molecule has 4 saturated heterocycles. The van der Waals surface area contributed by atoms with Crippen molar-refractivity contribution < 1.29 is 23.4 Å². The van der Waals surface area contributed by atoms with Gasteiger partial charge in [0.25, 0.3) is 0 Å². The molecule has 0 aromatic rings. The first-order valence-corrected chi connectivity index (χ1v) is 9.45. The molecular formula is C12H20O5Si. The van der Waals surface area contributed by atoms with Gasteiger partial charge in [-0.25, -0.2) is 0 Å². The largest absolute Gasteiger partial charge is 0.414 e. The van der Waals surface area contributed by atoms with Crippen molar-refractivity contribution >= 4 is 8.32 Å². The number of hydrogen-bond acceptors (Lipinski definition) is 5. The van der Waals surface area contributed by atoms with Crippen LogP contribution >= 0.6 is 0 Å². The second-order valence-corrected chi connectivity index (χ2v) is 9.81. The summed E-state index contributed by atoms with van der Waals surface area (Å²) >= 11 is 0. The minimum atomic E-state index is -1.78. The summed E-state index contributed by atoms with van der Waals surface area (Å²) < 4.78 is 27.9. The Morgan fingerprint density at radius 3 is 1.44 bits per heavy atom. The van der Waals surface area contributed by atoms with E-state index in [1.165, 1.54) is 0 Å². The molecule has 0 amide bonds. The van der Waals surface area contributed by atoms with Crippen molar-refractivity contribution in [2.75, 3.05) is 33.0 Å². The highest BCUT2D eigenvalue weighted by Crippen LogP contribution is 2.38. The Morgan fingerprint density at radius 2 is 1.11 bits per heavy atom. The molecule has 0 N–H and O–H groups in total. The molecule has 5 nitrogen and oxygen atoms in total. The van der Waals surface area contributed by atoms with E-state index in [0.29, 0.717) is 24.4 Å². The van der Waals surface area contributed by atoms with E-state index in [0.717, 1.165) is 51.2 Å². The minimum absolute atomic E-state index is 0.345. The Morgan fingerprint density at radius 1 is 0.722 bits per heavy atom. The van der Waals surface area contributed by atoms with Crippen LogP contribution in [0.2, 0.25) is 18.1 Å². The monoisotopic (exact) mass is 272 g/mol. The Labute approximate surface area is 108 Å². The second-order valence-electron chi connectivity index (χ2n) is 5.93. The predicted octanol–water partition coefficient (Wildman–Crippen LogP) is 0.544. The number of ether oxygens (including phenoxy) is 4. The van der Waals surface area contributed by atoms with Gasteiger partial charge >= 0.3 is 0 Å². The first-order valence-electron chi connectivity index (χ1n) is 6.92. The third-order valence-corrected chi connectivity index (χ3v) is 8.36. The maximum absolute atomic E-state index is 6.38. The lowest BCUT2D eigenvalue weighted by molar-refractivity contribution is 0.240. The average Bonchev–Trinajstić information content (AvgIpc) is 3.20. The van der Waals surface area contributed by atoms with Crippen LogP contribution in [0, 0.1) is 0 Å². The summed E-state index contributed by atoms with van der Waals surface area (Å²) in [5, 5.41) is 0. The quantitative estimate of drug-likeness (QED) is 0.453. The lowest BCUT2D eigenvalue weighted by atomic mass is 10.5. The SMILES string of the molecule is C1OC1CO[Si](CC1CO1)(CC1CO1)CC1CO1. The highest BCUT2D eigenvalue weighted by atomic mass is 28.4. The van der Waals surface area contributed by atoms with E-state index in [1.807, 2.05) is 0 Å². The fourth-order valence-electron chi connectivity index (χ4n) is 2.66. The third-order valence-electron chi connectivity index (χ3n) is 3.98. The van der Waals surface area contributed by atoms with Gasteiger partial charge in [0.2, 0.25) is 8.32 Å². The zero-order valence-electron chi connectivity index (χ0n) is 10.5. The molecule has 0 bridgehead atoms. The molecule has 4 atom stereocenters. The van der Waals surface area contributed by atoms with E-state index < -0.39 is 8.32 Å². The van der Waals surface area contributed by atoms with Crippen molar-refractivity contribution in [2.45, 2.75) is 42.5 Å². The van der Waals surface area contributed by atoms with Gasteiger partial charge in [-0.3, -0.25) is 0 Å². The third kappa shape index (κ3) is 3.31. The molecule has 4 rings (SSSR count). The van der Waals surface area contributed by atoms with Gasteiger partial charge in [0, 0.05) is 0 Å². The highest BCUT2D eigenvalue weighted by Gasteiger charge is 2.49. The molecule has 0 radical (unpaired) electrons. The first kappa shape index (κ1) is 11.8. The van der Waals surface area contributed by atoms with E-state index in [-0.39, 0.29) is 0 Å². The second kappa shape index (κ2) is 4.54. The van der Waals surface area contributed by atoms with Crippen LogP contribution in [0.5, 0.6) is 0 Å². The molecule has 4 unspecified atom stereocenters. The zero-order chi connectivity index (χ0) is 12.0. The van der Waals surface area contributed by atoms with Gasteiger partial charge in [-0.1, -0.05) is 0 Å². The van der Waals surface area contributed by atoms with Gasteiger partial charge in [0.05, 0.1) is 51.3 Å². The molecule has 4 heterocycles. The molecule has 0 aromatic carbocycles. The van der Waals surface area contributed by atoms with Crippen LogP contribution in [-0.4, -0.2) is 65.8 Å². The summed E-state index contributed by atoms with van der Waals surface area (Å²) in [4.78, 5) is 0. The summed E-state index contributed by atoms with van der Waals surface area (Å²) in [5.74, 6) is 0. The number of hydrogen-bond donors (Lipinski definition) is 0. The van der Waals surface area contributed by atoms with Crippen molar-refractivity contribution in [1.82, 2.24) is 0 Å². The molecular weight excluding hydrogens is 252 g/mol. The van der Waals surface area contributed by atoms with Crippen LogP contribution in [0.3, 0.4) is 0 Å². The normalized spacial score (nSPS) is 43.3. The molecule has 0 aromatic heterocycles. The molecule has 4 aliphatic heterocycles. The Hall–Kier alpha value is 0.0169. The molecule has 4 fully saturated rings. The first-order chi connectivity index (χ1) is 8.81. The maximum atomic E-state index is 6.38. The van der Waals surface area contributed by atoms with Gasteiger partial charge in [-0.15, -0.1) is 0 Å². The van der Waals surface area contributed by atoms with Gasteiger partial charge in [0.15, 0.2) is 0 Å². The summed E-state index contributed by atoms with van der Waals surface area (Å²) in [5.41, 5.74) is 0. The molecule has 4 aliphatic rings. The zero-order valence-corrected chi connectivity index (χ0v) is 11.5. The maximum Gasteiger partial charge on any atom is 0.200 e. The van der Waals surface area contributed by atoms with Gasteiger partial charge in [-0.2, -0.15) is 0 Å². The van der Waals surface area contributed by atoms with Crippen LogP contribution in [0.4, 0.5) is 0 Å². The van der Waals surface area contributed by atoms with Crippen molar-refractivity contribution in [3.05, 3.63) is 0 Å². The smallest absolute Gasteiger partial charge is 0.200 e. The van der Waals surface area contributed by atoms with E-state index in [2.05, 4.69) is 0 Å². The number of rotatable bonds is 9. The average molecular weight is 272 g/mol. The van der Waals surface area contributed by atoms with Crippen LogP contribution < -0.4 is 0 Å². The number of epoxide rings is 4. The van der Waals surface area contributed by atoms with Crippen molar-refractivity contribution in [2.24, 2.45) is 0 Å². The lowest BCUT2D eigenvalue weighted by Gasteiger charge is -2.30. The molecule has 0 saturated carbocycles. The summed E-state index contributed by atoms with van der Waals surface area (Å²) in [7, 11) is -1.78. The molecule has 18 heavy (non-hydrogen) atoms. The molecule has 0 spiro atoms. The highest BCUT2D eigenvalue weighted by molar-refractivity contribution is 6.74. The lowest BCUT2D eigenvalue weighted by Crippen LogP contribution is -2.43. The van der Waals surface area contributed by atoms with Gasteiger partial charge < -0.3 is 23.4 Å². The standard InChI is InChI=1S/C12H20O5Si/c1-9(13-1)5-17-18(6-10-2-14-10,7-11-3-15-11)8-12-4-16-12/h9-12H,1-8H2. The Bertz CT molecular complexity index is 274.